The van der Waals surface area contributed by atoms with Crippen molar-refractivity contribution in [1.29, 1.82) is 0 Å². The van der Waals surface area contributed by atoms with Gasteiger partial charge < -0.3 is 15.0 Å². The molecule has 180 valence electrons. The number of hydrogen-bond acceptors (Lipinski definition) is 3. The Balaban J connectivity index is 1.37. The molecule has 2 atom stereocenters. The molecular weight excluding hydrogens is 436 g/mol. The fourth-order valence-electron chi connectivity index (χ4n) is 4.85. The number of amides is 2. The molecule has 5 nitrogen and oxygen atoms in total. The van der Waals surface area contributed by atoms with Crippen molar-refractivity contribution in [3.63, 3.8) is 0 Å². The summed E-state index contributed by atoms with van der Waals surface area (Å²) in [7, 11) is 0. The Morgan fingerprint density at radius 2 is 1.83 bits per heavy atom. The number of rotatable bonds is 7. The van der Waals surface area contributed by atoms with Crippen LogP contribution >= 0.6 is 0 Å². The average molecular weight is 469 g/mol. The van der Waals surface area contributed by atoms with Crippen LogP contribution in [-0.4, -0.2) is 29.4 Å². The molecule has 5 rings (SSSR count). The summed E-state index contributed by atoms with van der Waals surface area (Å²) in [6, 6.07) is 24.1. The highest BCUT2D eigenvalue weighted by Gasteiger charge is 2.39. The van der Waals surface area contributed by atoms with Crippen LogP contribution in [0.2, 0.25) is 0 Å². The Morgan fingerprint density at radius 1 is 1.03 bits per heavy atom. The molecular formula is C30H32N2O3. The van der Waals surface area contributed by atoms with E-state index >= 15 is 0 Å². The molecule has 0 radical (unpaired) electrons. The van der Waals surface area contributed by atoms with Gasteiger partial charge in [-0.15, -0.1) is 0 Å². The number of ether oxygens (including phenoxy) is 1. The van der Waals surface area contributed by atoms with Gasteiger partial charge in [0.2, 0.25) is 5.91 Å². The zero-order valence-electron chi connectivity index (χ0n) is 20.4. The first-order valence-electron chi connectivity index (χ1n) is 12.5. The molecule has 3 aromatic carbocycles. The van der Waals surface area contributed by atoms with Crippen LogP contribution in [-0.2, 0) is 22.6 Å². The fraction of sp³-hybridized carbons (Fsp3) is 0.333. The van der Waals surface area contributed by atoms with Gasteiger partial charge in [-0.1, -0.05) is 66.2 Å². The second-order valence-electron chi connectivity index (χ2n) is 9.70. The summed E-state index contributed by atoms with van der Waals surface area (Å²) >= 11 is 0. The topological polar surface area (TPSA) is 58.6 Å². The second-order valence-corrected chi connectivity index (χ2v) is 9.70. The molecule has 2 aliphatic rings. The first kappa shape index (κ1) is 23.2. The van der Waals surface area contributed by atoms with Crippen molar-refractivity contribution in [3.8, 4) is 5.75 Å². The number of hydrogen-bond donors (Lipinski definition) is 1. The number of nitrogens with zero attached hydrogens (tertiary/aromatic N) is 1. The molecule has 5 heteroatoms. The molecule has 0 unspecified atom stereocenters. The van der Waals surface area contributed by atoms with Crippen molar-refractivity contribution in [3.05, 3.63) is 101 Å². The lowest BCUT2D eigenvalue weighted by molar-refractivity contribution is -0.134. The number of aryl methyl sites for hydroxylation is 1. The number of fused-ring (bicyclic) bond motifs is 1. The quantitative estimate of drug-likeness (QED) is 0.533. The van der Waals surface area contributed by atoms with Crippen molar-refractivity contribution in [1.82, 2.24) is 10.2 Å². The molecule has 0 spiro atoms. The molecule has 1 heterocycles. The van der Waals surface area contributed by atoms with Gasteiger partial charge in [0.05, 0.1) is 6.04 Å². The highest BCUT2D eigenvalue weighted by atomic mass is 16.5. The summed E-state index contributed by atoms with van der Waals surface area (Å²) in [4.78, 5) is 27.9. The van der Waals surface area contributed by atoms with E-state index in [9.17, 15) is 9.59 Å². The van der Waals surface area contributed by atoms with Crippen molar-refractivity contribution in [2.45, 2.75) is 51.8 Å². The summed E-state index contributed by atoms with van der Waals surface area (Å²) in [6.45, 7) is 5.03. The maximum absolute atomic E-state index is 13.2. The first-order chi connectivity index (χ1) is 17.0. The summed E-state index contributed by atoms with van der Waals surface area (Å²) < 4.78 is 6.08. The molecule has 0 saturated heterocycles. The van der Waals surface area contributed by atoms with E-state index in [1.165, 1.54) is 11.1 Å². The van der Waals surface area contributed by atoms with Gasteiger partial charge in [0.15, 0.2) is 6.10 Å². The van der Waals surface area contributed by atoms with Crippen LogP contribution in [0, 0.1) is 12.8 Å². The highest BCUT2D eigenvalue weighted by Crippen LogP contribution is 2.41. The first-order valence-corrected chi connectivity index (χ1v) is 12.5. The Hall–Kier alpha value is -3.60. The lowest BCUT2D eigenvalue weighted by atomic mass is 9.87. The van der Waals surface area contributed by atoms with Crippen molar-refractivity contribution < 1.29 is 14.3 Å². The number of nitrogens with one attached hydrogen (secondary N) is 1. The predicted octanol–water partition coefficient (Wildman–Crippen LogP) is 4.96. The second kappa shape index (κ2) is 9.95. The van der Waals surface area contributed by atoms with Gasteiger partial charge in [-0.2, -0.15) is 0 Å². The third kappa shape index (κ3) is 5.24. The van der Waals surface area contributed by atoms with E-state index in [2.05, 4.69) is 47.5 Å². The van der Waals surface area contributed by atoms with Crippen molar-refractivity contribution in [2.75, 3.05) is 6.54 Å². The molecule has 1 N–H and O–H groups in total. The minimum atomic E-state index is -0.637. The Bertz CT molecular complexity index is 1220. The lowest BCUT2D eigenvalue weighted by Gasteiger charge is -2.38. The number of carbonyl (C=O) groups is 2. The van der Waals surface area contributed by atoms with Gasteiger partial charge in [0, 0.05) is 19.0 Å². The largest absolute Gasteiger partial charge is 0.481 e. The maximum Gasteiger partial charge on any atom is 0.261 e. The standard InChI is InChI=1S/C30H32N2O3/c1-20-7-6-10-25(17-20)28-27-18-26(14-13-23(27)15-16-32(28)30(34)24-11-12-24)35-21(2)29(33)31-19-22-8-4-3-5-9-22/h3-10,13-14,17-18,21,24,28H,11-12,15-16,19H2,1-2H3,(H,31,33)/t21-,28-/m0/s1. The molecule has 3 aromatic rings. The SMILES string of the molecule is Cc1cccc([C@H]2c3cc(O[C@@H](C)C(=O)NCc4ccccc4)ccc3CCN2C(=O)C2CC2)c1. The lowest BCUT2D eigenvalue weighted by Crippen LogP contribution is -2.41. The summed E-state index contributed by atoms with van der Waals surface area (Å²) in [5.41, 5.74) is 5.65. The van der Waals surface area contributed by atoms with Crippen LogP contribution in [0.5, 0.6) is 5.75 Å². The van der Waals surface area contributed by atoms with Gasteiger partial charge in [-0.25, -0.2) is 0 Å². The van der Waals surface area contributed by atoms with Crippen LogP contribution in [0.15, 0.2) is 72.8 Å². The fourth-order valence-corrected chi connectivity index (χ4v) is 4.85. The molecule has 1 aliphatic heterocycles. The van der Waals surface area contributed by atoms with E-state index in [-0.39, 0.29) is 23.8 Å². The Labute approximate surface area is 207 Å². The maximum atomic E-state index is 13.2. The van der Waals surface area contributed by atoms with Crippen LogP contribution < -0.4 is 10.1 Å². The summed E-state index contributed by atoms with van der Waals surface area (Å²) in [5.74, 6) is 0.899. The monoisotopic (exact) mass is 468 g/mol. The van der Waals surface area contributed by atoms with Crippen LogP contribution in [0.3, 0.4) is 0 Å². The van der Waals surface area contributed by atoms with Crippen LogP contribution in [0.1, 0.15) is 53.6 Å². The molecule has 35 heavy (non-hydrogen) atoms. The molecule has 1 saturated carbocycles. The molecule has 0 aromatic heterocycles. The third-order valence-electron chi connectivity index (χ3n) is 6.90. The normalized spacial score (nSPS) is 17.9. The van der Waals surface area contributed by atoms with E-state index in [4.69, 9.17) is 4.74 Å². The van der Waals surface area contributed by atoms with Crippen molar-refractivity contribution in [2.24, 2.45) is 5.92 Å². The van der Waals surface area contributed by atoms with Gasteiger partial charge in [0.1, 0.15) is 5.75 Å². The van der Waals surface area contributed by atoms with E-state index in [0.29, 0.717) is 12.3 Å². The van der Waals surface area contributed by atoms with E-state index < -0.39 is 6.10 Å². The van der Waals surface area contributed by atoms with Crippen LogP contribution in [0.25, 0.3) is 0 Å². The van der Waals surface area contributed by atoms with Crippen molar-refractivity contribution >= 4 is 11.8 Å². The van der Waals surface area contributed by atoms with Gasteiger partial charge in [-0.05, 0) is 67.5 Å². The smallest absolute Gasteiger partial charge is 0.261 e. The molecule has 1 fully saturated rings. The predicted molar refractivity (Wildman–Crippen MR) is 136 cm³/mol. The Kier molecular flexibility index (Phi) is 6.58. The van der Waals surface area contributed by atoms with E-state index in [1.807, 2.05) is 42.5 Å². The van der Waals surface area contributed by atoms with Gasteiger partial charge in [0.25, 0.3) is 5.91 Å². The minimum absolute atomic E-state index is 0.141. The Morgan fingerprint density at radius 3 is 2.57 bits per heavy atom. The van der Waals surface area contributed by atoms with E-state index in [0.717, 1.165) is 42.5 Å². The number of carbonyl (C=O) groups excluding carboxylic acids is 2. The average Bonchev–Trinajstić information content (AvgIpc) is 3.72. The molecule has 0 bridgehead atoms. The highest BCUT2D eigenvalue weighted by molar-refractivity contribution is 5.82. The molecule has 1 aliphatic carbocycles. The van der Waals surface area contributed by atoms with Crippen LogP contribution in [0.4, 0.5) is 0 Å². The van der Waals surface area contributed by atoms with Gasteiger partial charge in [-0.3, -0.25) is 9.59 Å². The third-order valence-corrected chi connectivity index (χ3v) is 6.90. The minimum Gasteiger partial charge on any atom is -0.481 e. The zero-order valence-corrected chi connectivity index (χ0v) is 20.4. The number of benzene rings is 3. The van der Waals surface area contributed by atoms with E-state index in [1.54, 1.807) is 6.92 Å². The zero-order chi connectivity index (χ0) is 24.4. The molecule has 2 amide bonds. The van der Waals surface area contributed by atoms with Gasteiger partial charge >= 0.3 is 0 Å². The summed E-state index contributed by atoms with van der Waals surface area (Å²) in [6.07, 6.45) is 2.16. The summed E-state index contributed by atoms with van der Waals surface area (Å²) in [5, 5.41) is 2.95.